The van der Waals surface area contributed by atoms with Crippen molar-refractivity contribution in [1.82, 2.24) is 9.78 Å². The first-order valence-corrected chi connectivity index (χ1v) is 5.09. The highest BCUT2D eigenvalue weighted by Crippen LogP contribution is 2.23. The van der Waals surface area contributed by atoms with E-state index in [1.807, 2.05) is 44.3 Å². The summed E-state index contributed by atoms with van der Waals surface area (Å²) in [4.78, 5) is 0. The maximum Gasteiger partial charge on any atom is 0.129 e. The number of benzene rings is 1. The Morgan fingerprint density at radius 3 is 2.73 bits per heavy atom. The molecule has 3 nitrogen and oxygen atoms in total. The van der Waals surface area contributed by atoms with Gasteiger partial charge in [0.15, 0.2) is 0 Å². The van der Waals surface area contributed by atoms with Crippen LogP contribution in [0.25, 0.3) is 5.69 Å². The van der Waals surface area contributed by atoms with E-state index in [4.69, 9.17) is 11.6 Å². The fraction of sp³-hybridized carbons (Fsp3) is 0.182. The van der Waals surface area contributed by atoms with Crippen LogP contribution in [-0.2, 0) is 0 Å². The van der Waals surface area contributed by atoms with Crippen molar-refractivity contribution in [3.8, 4) is 5.69 Å². The Labute approximate surface area is 93.7 Å². The smallest absolute Gasteiger partial charge is 0.129 e. The van der Waals surface area contributed by atoms with Gasteiger partial charge in [-0.2, -0.15) is 5.10 Å². The minimum atomic E-state index is 0.692. The van der Waals surface area contributed by atoms with Crippen LogP contribution in [0, 0.1) is 6.92 Å². The molecule has 1 aromatic heterocycles. The van der Waals surface area contributed by atoms with Crippen LogP contribution in [0.1, 0.15) is 5.69 Å². The summed E-state index contributed by atoms with van der Waals surface area (Å²) in [7, 11) is 1.86. The molecule has 0 radical (unpaired) electrons. The van der Waals surface area contributed by atoms with Gasteiger partial charge in [-0.1, -0.05) is 23.7 Å². The molecule has 0 aliphatic heterocycles. The van der Waals surface area contributed by atoms with Crippen molar-refractivity contribution in [2.24, 2.45) is 0 Å². The lowest BCUT2D eigenvalue weighted by molar-refractivity contribution is 0.867. The van der Waals surface area contributed by atoms with Gasteiger partial charge in [0.1, 0.15) is 5.82 Å². The van der Waals surface area contributed by atoms with Crippen LogP contribution in [0.3, 0.4) is 0 Å². The Bertz CT molecular complexity index is 476. The summed E-state index contributed by atoms with van der Waals surface area (Å²) in [5.74, 6) is 0.931. The molecular weight excluding hydrogens is 210 g/mol. The molecule has 1 N–H and O–H groups in total. The summed E-state index contributed by atoms with van der Waals surface area (Å²) >= 11 is 6.11. The standard InChI is InChI=1S/C11H12ClN3/c1-8-7-11(13-2)15(14-8)10-6-4-3-5-9(10)12/h3-7,13H,1-2H3. The zero-order valence-electron chi connectivity index (χ0n) is 8.66. The number of hydrogen-bond donors (Lipinski definition) is 1. The third-order valence-electron chi connectivity index (χ3n) is 2.17. The topological polar surface area (TPSA) is 29.9 Å². The van der Waals surface area contributed by atoms with Gasteiger partial charge in [0.05, 0.1) is 16.4 Å². The van der Waals surface area contributed by atoms with Crippen LogP contribution in [0.5, 0.6) is 0 Å². The summed E-state index contributed by atoms with van der Waals surface area (Å²) in [6, 6.07) is 9.62. The minimum absolute atomic E-state index is 0.692. The van der Waals surface area contributed by atoms with Gasteiger partial charge in [0.2, 0.25) is 0 Å². The largest absolute Gasteiger partial charge is 0.373 e. The Morgan fingerprint density at radius 1 is 1.33 bits per heavy atom. The van der Waals surface area contributed by atoms with Gasteiger partial charge in [0, 0.05) is 13.1 Å². The van der Waals surface area contributed by atoms with Gasteiger partial charge in [-0.15, -0.1) is 0 Å². The van der Waals surface area contributed by atoms with Gasteiger partial charge >= 0.3 is 0 Å². The van der Waals surface area contributed by atoms with Crippen molar-refractivity contribution in [1.29, 1.82) is 0 Å². The highest BCUT2D eigenvalue weighted by Gasteiger charge is 2.08. The van der Waals surface area contributed by atoms with Crippen molar-refractivity contribution >= 4 is 17.4 Å². The van der Waals surface area contributed by atoms with E-state index >= 15 is 0 Å². The second kappa shape index (κ2) is 3.95. The van der Waals surface area contributed by atoms with E-state index in [9.17, 15) is 0 Å². The maximum absolute atomic E-state index is 6.11. The molecule has 0 aliphatic rings. The van der Waals surface area contributed by atoms with Crippen LogP contribution in [0.2, 0.25) is 5.02 Å². The highest BCUT2D eigenvalue weighted by molar-refractivity contribution is 6.32. The van der Waals surface area contributed by atoms with Crippen molar-refractivity contribution in [2.45, 2.75) is 6.92 Å². The minimum Gasteiger partial charge on any atom is -0.373 e. The zero-order valence-corrected chi connectivity index (χ0v) is 9.42. The van der Waals surface area contributed by atoms with Crippen molar-refractivity contribution in [3.05, 3.63) is 41.0 Å². The number of aryl methyl sites for hydroxylation is 1. The first kappa shape index (κ1) is 10.1. The molecule has 0 saturated carbocycles. The molecule has 1 heterocycles. The second-order valence-corrected chi connectivity index (χ2v) is 3.69. The number of anilines is 1. The molecule has 0 aliphatic carbocycles. The lowest BCUT2D eigenvalue weighted by Crippen LogP contribution is -2.02. The van der Waals surface area contributed by atoms with Gasteiger partial charge < -0.3 is 5.32 Å². The number of nitrogens with one attached hydrogen (secondary N) is 1. The molecule has 1 aromatic carbocycles. The third-order valence-corrected chi connectivity index (χ3v) is 2.49. The summed E-state index contributed by atoms with van der Waals surface area (Å²) < 4.78 is 1.80. The van der Waals surface area contributed by atoms with Crippen molar-refractivity contribution in [2.75, 3.05) is 12.4 Å². The van der Waals surface area contributed by atoms with Gasteiger partial charge in [0.25, 0.3) is 0 Å². The van der Waals surface area contributed by atoms with Crippen molar-refractivity contribution < 1.29 is 0 Å². The summed E-state index contributed by atoms with van der Waals surface area (Å²) in [6.07, 6.45) is 0. The molecule has 78 valence electrons. The Morgan fingerprint density at radius 2 is 2.07 bits per heavy atom. The normalized spacial score (nSPS) is 10.3. The number of nitrogens with zero attached hydrogens (tertiary/aromatic N) is 2. The monoisotopic (exact) mass is 221 g/mol. The quantitative estimate of drug-likeness (QED) is 0.845. The molecule has 0 spiro atoms. The number of halogens is 1. The van der Waals surface area contributed by atoms with Gasteiger partial charge in [-0.25, -0.2) is 4.68 Å². The molecule has 0 bridgehead atoms. The molecule has 0 amide bonds. The van der Waals surface area contributed by atoms with Crippen molar-refractivity contribution in [3.63, 3.8) is 0 Å². The van der Waals surface area contributed by atoms with E-state index in [0.717, 1.165) is 17.2 Å². The average Bonchev–Trinajstić information content (AvgIpc) is 2.60. The van der Waals surface area contributed by atoms with E-state index < -0.39 is 0 Å². The maximum atomic E-state index is 6.11. The number of rotatable bonds is 2. The molecule has 15 heavy (non-hydrogen) atoms. The first-order valence-electron chi connectivity index (χ1n) is 4.71. The summed E-state index contributed by atoms with van der Waals surface area (Å²) in [6.45, 7) is 1.95. The third kappa shape index (κ3) is 1.83. The predicted octanol–water partition coefficient (Wildman–Crippen LogP) is 2.88. The predicted molar refractivity (Wildman–Crippen MR) is 62.9 cm³/mol. The Hall–Kier alpha value is -1.48. The van der Waals surface area contributed by atoms with E-state index in [1.54, 1.807) is 4.68 Å². The summed E-state index contributed by atoms with van der Waals surface area (Å²) in [5.41, 5.74) is 1.84. The van der Waals surface area contributed by atoms with Crippen LogP contribution in [0.4, 0.5) is 5.82 Å². The number of aromatic nitrogens is 2. The fourth-order valence-corrected chi connectivity index (χ4v) is 1.70. The lowest BCUT2D eigenvalue weighted by Gasteiger charge is -2.07. The Balaban J connectivity index is 2.58. The highest BCUT2D eigenvalue weighted by atomic mass is 35.5. The van der Waals surface area contributed by atoms with E-state index in [1.165, 1.54) is 0 Å². The lowest BCUT2D eigenvalue weighted by atomic mass is 10.3. The van der Waals surface area contributed by atoms with Crippen LogP contribution in [-0.4, -0.2) is 16.8 Å². The van der Waals surface area contributed by atoms with Gasteiger partial charge in [-0.3, -0.25) is 0 Å². The SMILES string of the molecule is CNc1cc(C)nn1-c1ccccc1Cl. The second-order valence-electron chi connectivity index (χ2n) is 3.28. The fourth-order valence-electron chi connectivity index (χ4n) is 1.48. The number of hydrogen-bond acceptors (Lipinski definition) is 2. The van der Waals surface area contributed by atoms with E-state index in [0.29, 0.717) is 5.02 Å². The molecule has 0 saturated heterocycles. The molecule has 0 unspecified atom stereocenters. The average molecular weight is 222 g/mol. The summed E-state index contributed by atoms with van der Waals surface area (Å²) in [5, 5.41) is 8.16. The van der Waals surface area contributed by atoms with Crippen LogP contribution in [0.15, 0.2) is 30.3 Å². The van der Waals surface area contributed by atoms with Crippen LogP contribution < -0.4 is 5.32 Å². The molecule has 0 atom stereocenters. The molecule has 2 rings (SSSR count). The van der Waals surface area contributed by atoms with Crippen LogP contribution >= 0.6 is 11.6 Å². The number of para-hydroxylation sites is 1. The van der Waals surface area contributed by atoms with Gasteiger partial charge in [-0.05, 0) is 19.1 Å². The zero-order chi connectivity index (χ0) is 10.8. The van der Waals surface area contributed by atoms with E-state index in [-0.39, 0.29) is 0 Å². The molecule has 4 heteroatoms. The molecular formula is C11H12ClN3. The molecule has 2 aromatic rings. The first-order chi connectivity index (χ1) is 7.22. The molecule has 0 fully saturated rings. The Kier molecular flexibility index (Phi) is 2.64. The van der Waals surface area contributed by atoms with E-state index in [2.05, 4.69) is 10.4 Å².